The highest BCUT2D eigenvalue weighted by Gasteiger charge is 2.15. The number of tetrazole rings is 1. The molecule has 0 aliphatic carbocycles. The molecular weight excluding hydrogens is 404 g/mol. The largest absolute Gasteiger partial charge is 0.335 e. The van der Waals surface area contributed by atoms with Crippen LogP contribution in [0.1, 0.15) is 36.3 Å². The summed E-state index contributed by atoms with van der Waals surface area (Å²) in [5.74, 6) is 0.399. The summed E-state index contributed by atoms with van der Waals surface area (Å²) in [5.41, 5.74) is 4.40. The second-order valence-corrected chi connectivity index (χ2v) is 7.37. The fourth-order valence-corrected chi connectivity index (χ4v) is 3.63. The second kappa shape index (κ2) is 9.38. The highest BCUT2D eigenvalue weighted by atomic mass is 16.2. The van der Waals surface area contributed by atoms with Gasteiger partial charge in [0.1, 0.15) is 0 Å². The van der Waals surface area contributed by atoms with Gasteiger partial charge in [0, 0.05) is 30.3 Å². The molecule has 8 heteroatoms. The third-order valence-electron chi connectivity index (χ3n) is 5.33. The van der Waals surface area contributed by atoms with Gasteiger partial charge in [-0.05, 0) is 34.0 Å². The standard InChI is InChI=1S/C24H24N6O2/c1-3-5-8-19-16-30(22(31)4-2)24(32)29(19)15-17-11-13-18(14-12-17)20-9-6-7-10-21(20)23-25-27-28-26-23/h3,5-7,9-14,16H,4,8,15H2,1-2H3,(H,25,26,27,28). The van der Waals surface area contributed by atoms with Crippen LogP contribution in [0.2, 0.25) is 0 Å². The summed E-state index contributed by atoms with van der Waals surface area (Å²) >= 11 is 0. The van der Waals surface area contributed by atoms with Gasteiger partial charge in [-0.25, -0.2) is 14.5 Å². The minimum atomic E-state index is -0.302. The van der Waals surface area contributed by atoms with Gasteiger partial charge in [-0.3, -0.25) is 9.36 Å². The number of rotatable bonds is 7. The van der Waals surface area contributed by atoms with Crippen molar-refractivity contribution >= 4 is 5.91 Å². The molecule has 0 saturated heterocycles. The van der Waals surface area contributed by atoms with E-state index in [1.54, 1.807) is 17.7 Å². The lowest BCUT2D eigenvalue weighted by atomic mass is 9.98. The van der Waals surface area contributed by atoms with Gasteiger partial charge in [-0.1, -0.05) is 67.6 Å². The van der Waals surface area contributed by atoms with E-state index < -0.39 is 0 Å². The number of aromatic nitrogens is 6. The molecule has 0 saturated carbocycles. The van der Waals surface area contributed by atoms with Gasteiger partial charge in [-0.15, -0.1) is 5.10 Å². The Hall–Kier alpha value is -4.07. The average Bonchev–Trinajstić information content (AvgIpc) is 3.47. The van der Waals surface area contributed by atoms with Crippen LogP contribution in [0.3, 0.4) is 0 Å². The topological polar surface area (TPSA) is 98.5 Å². The van der Waals surface area contributed by atoms with E-state index in [-0.39, 0.29) is 18.0 Å². The molecule has 2 heterocycles. The van der Waals surface area contributed by atoms with Crippen molar-refractivity contribution in [3.63, 3.8) is 0 Å². The number of carbonyl (C=O) groups is 1. The molecule has 8 nitrogen and oxygen atoms in total. The molecule has 4 rings (SSSR count). The molecule has 0 amide bonds. The molecule has 2 aromatic heterocycles. The first kappa shape index (κ1) is 21.2. The Morgan fingerprint density at radius 2 is 1.84 bits per heavy atom. The van der Waals surface area contributed by atoms with Crippen LogP contribution in [0.25, 0.3) is 22.5 Å². The maximum Gasteiger partial charge on any atom is 0.335 e. The Kier molecular flexibility index (Phi) is 6.21. The number of hydrogen-bond acceptors (Lipinski definition) is 5. The fraction of sp³-hybridized carbons (Fsp3) is 0.208. The average molecular weight is 428 g/mol. The number of benzene rings is 2. The predicted molar refractivity (Wildman–Crippen MR) is 122 cm³/mol. The van der Waals surface area contributed by atoms with Crippen LogP contribution >= 0.6 is 0 Å². The molecule has 0 fully saturated rings. The molecule has 0 aliphatic rings. The van der Waals surface area contributed by atoms with Crippen molar-refractivity contribution in [1.82, 2.24) is 29.8 Å². The zero-order chi connectivity index (χ0) is 22.5. The molecule has 0 atom stereocenters. The van der Waals surface area contributed by atoms with E-state index in [1.165, 1.54) is 4.57 Å². The monoisotopic (exact) mass is 428 g/mol. The summed E-state index contributed by atoms with van der Waals surface area (Å²) in [7, 11) is 0. The molecule has 162 valence electrons. The number of nitrogens with zero attached hydrogens (tertiary/aromatic N) is 5. The third kappa shape index (κ3) is 4.20. The summed E-state index contributed by atoms with van der Waals surface area (Å²) in [5, 5.41) is 14.2. The Bertz CT molecular complexity index is 1300. The van der Waals surface area contributed by atoms with E-state index in [2.05, 4.69) is 20.6 Å². The normalized spacial score (nSPS) is 11.3. The molecule has 1 N–H and O–H groups in total. The van der Waals surface area contributed by atoms with Gasteiger partial charge in [0.05, 0.1) is 6.54 Å². The molecule has 2 aromatic carbocycles. The summed E-state index contributed by atoms with van der Waals surface area (Å²) in [4.78, 5) is 25.1. The van der Waals surface area contributed by atoms with Gasteiger partial charge in [0.2, 0.25) is 5.91 Å². The number of carbonyl (C=O) groups excluding carboxylic acids is 1. The van der Waals surface area contributed by atoms with E-state index in [1.807, 2.05) is 67.6 Å². The molecular formula is C24H24N6O2. The number of aromatic amines is 1. The molecule has 0 bridgehead atoms. The molecule has 32 heavy (non-hydrogen) atoms. The lowest BCUT2D eigenvalue weighted by Crippen LogP contribution is -2.29. The quantitative estimate of drug-likeness (QED) is 0.453. The lowest BCUT2D eigenvalue weighted by molar-refractivity contribution is 0.0904. The van der Waals surface area contributed by atoms with E-state index in [9.17, 15) is 9.59 Å². The van der Waals surface area contributed by atoms with Gasteiger partial charge in [-0.2, -0.15) is 0 Å². The highest BCUT2D eigenvalue weighted by Crippen LogP contribution is 2.29. The van der Waals surface area contributed by atoms with Gasteiger partial charge in [0.25, 0.3) is 0 Å². The number of nitrogens with one attached hydrogen (secondary N) is 1. The van der Waals surface area contributed by atoms with Crippen molar-refractivity contribution in [3.05, 3.63) is 88.6 Å². The molecule has 0 radical (unpaired) electrons. The van der Waals surface area contributed by atoms with Crippen LogP contribution in [0.5, 0.6) is 0 Å². The van der Waals surface area contributed by atoms with Crippen molar-refractivity contribution in [2.24, 2.45) is 0 Å². The first-order valence-corrected chi connectivity index (χ1v) is 10.5. The van der Waals surface area contributed by atoms with Crippen LogP contribution in [0, 0.1) is 0 Å². The molecule has 0 spiro atoms. The zero-order valence-corrected chi connectivity index (χ0v) is 18.0. The first-order valence-electron chi connectivity index (χ1n) is 10.5. The highest BCUT2D eigenvalue weighted by molar-refractivity contribution is 5.80. The Labute approximate surface area is 185 Å². The van der Waals surface area contributed by atoms with Crippen LogP contribution in [0.15, 0.2) is 71.7 Å². The third-order valence-corrected chi connectivity index (χ3v) is 5.33. The number of H-pyrrole nitrogens is 1. The van der Waals surface area contributed by atoms with Crippen molar-refractivity contribution in [2.75, 3.05) is 0 Å². The summed E-state index contributed by atoms with van der Waals surface area (Å²) in [6.07, 6.45) is 6.44. The predicted octanol–water partition coefficient (Wildman–Crippen LogP) is 3.71. The number of imidazole rings is 1. The zero-order valence-electron chi connectivity index (χ0n) is 18.0. The maximum atomic E-state index is 12.9. The summed E-state index contributed by atoms with van der Waals surface area (Å²) in [6.45, 7) is 4.08. The fourth-order valence-electron chi connectivity index (χ4n) is 3.63. The number of allylic oxidation sites excluding steroid dienone is 2. The van der Waals surface area contributed by atoms with Crippen LogP contribution in [0.4, 0.5) is 0 Å². The number of hydrogen-bond donors (Lipinski definition) is 1. The smallest absolute Gasteiger partial charge is 0.291 e. The van der Waals surface area contributed by atoms with Crippen LogP contribution < -0.4 is 5.69 Å². The van der Waals surface area contributed by atoms with E-state index in [0.29, 0.717) is 18.8 Å². The Balaban J connectivity index is 1.65. The van der Waals surface area contributed by atoms with Crippen molar-refractivity contribution in [3.8, 4) is 22.5 Å². The maximum absolute atomic E-state index is 12.9. The Morgan fingerprint density at radius 1 is 1.09 bits per heavy atom. The summed E-state index contributed by atoms with van der Waals surface area (Å²) in [6, 6.07) is 15.9. The molecule has 4 aromatic rings. The van der Waals surface area contributed by atoms with Gasteiger partial charge >= 0.3 is 5.69 Å². The Morgan fingerprint density at radius 3 is 2.50 bits per heavy atom. The van der Waals surface area contributed by atoms with Crippen LogP contribution in [-0.2, 0) is 13.0 Å². The van der Waals surface area contributed by atoms with Crippen molar-refractivity contribution < 1.29 is 4.79 Å². The van der Waals surface area contributed by atoms with Crippen LogP contribution in [-0.4, -0.2) is 35.7 Å². The minimum absolute atomic E-state index is 0.204. The first-order chi connectivity index (χ1) is 15.6. The molecule has 0 aliphatic heterocycles. The minimum Gasteiger partial charge on any atom is -0.291 e. The van der Waals surface area contributed by atoms with E-state index in [4.69, 9.17) is 0 Å². The SMILES string of the molecule is CC=CCc1cn(C(=O)CC)c(=O)n1Cc1ccc(-c2ccccc2-c2nnn[nH]2)cc1. The van der Waals surface area contributed by atoms with Crippen molar-refractivity contribution in [2.45, 2.75) is 33.2 Å². The lowest BCUT2D eigenvalue weighted by Gasteiger charge is -2.10. The molecule has 0 unspecified atom stereocenters. The van der Waals surface area contributed by atoms with E-state index in [0.717, 1.165) is 27.9 Å². The van der Waals surface area contributed by atoms with Gasteiger partial charge in [0.15, 0.2) is 5.82 Å². The van der Waals surface area contributed by atoms with Crippen molar-refractivity contribution in [1.29, 1.82) is 0 Å². The summed E-state index contributed by atoms with van der Waals surface area (Å²) < 4.78 is 2.88. The van der Waals surface area contributed by atoms with Gasteiger partial charge < -0.3 is 0 Å². The van der Waals surface area contributed by atoms with E-state index >= 15 is 0 Å². The second-order valence-electron chi connectivity index (χ2n) is 7.37.